The van der Waals surface area contributed by atoms with Crippen LogP contribution < -0.4 is 10.6 Å². The average molecular weight is 246 g/mol. The van der Waals surface area contributed by atoms with Gasteiger partial charge in [-0.2, -0.15) is 5.26 Å². The van der Waals surface area contributed by atoms with Crippen molar-refractivity contribution in [3.05, 3.63) is 33.9 Å². The second-order valence-electron chi connectivity index (χ2n) is 4.71. The highest BCUT2D eigenvalue weighted by Crippen LogP contribution is 2.30. The van der Waals surface area contributed by atoms with Crippen molar-refractivity contribution in [1.82, 2.24) is 5.32 Å². The normalized spacial score (nSPS) is 22.4. The molecule has 1 aromatic rings. The lowest BCUT2D eigenvalue weighted by Gasteiger charge is -2.25. The van der Waals surface area contributed by atoms with Crippen LogP contribution in [0.2, 0.25) is 0 Å². The van der Waals surface area contributed by atoms with Gasteiger partial charge in [0, 0.05) is 18.2 Å². The molecule has 1 heterocycles. The Morgan fingerprint density at radius 2 is 2.39 bits per heavy atom. The maximum Gasteiger partial charge on any atom is 0.292 e. The summed E-state index contributed by atoms with van der Waals surface area (Å²) in [6, 6.07) is 6.35. The number of nitriles is 1. The van der Waals surface area contributed by atoms with E-state index in [1.165, 1.54) is 18.2 Å². The largest absolute Gasteiger partial charge is 0.373 e. The standard InChI is InChI=1S/C12H14N4O2/c1-12(4-5-14-8-12)15-10-6-9(7-13)2-3-11(10)16(17)18/h2-3,6,14-15H,4-5,8H2,1H3. The zero-order valence-electron chi connectivity index (χ0n) is 10.1. The zero-order valence-corrected chi connectivity index (χ0v) is 10.1. The van der Waals surface area contributed by atoms with Crippen molar-refractivity contribution < 1.29 is 4.92 Å². The van der Waals surface area contributed by atoms with Gasteiger partial charge in [-0.25, -0.2) is 0 Å². The fourth-order valence-corrected chi connectivity index (χ4v) is 2.11. The molecule has 0 saturated carbocycles. The van der Waals surface area contributed by atoms with E-state index < -0.39 is 4.92 Å². The maximum atomic E-state index is 11.0. The summed E-state index contributed by atoms with van der Waals surface area (Å²) in [6.07, 6.45) is 0.890. The molecule has 2 N–H and O–H groups in total. The minimum absolute atomic E-state index is 0.00197. The van der Waals surface area contributed by atoms with Crippen molar-refractivity contribution >= 4 is 11.4 Å². The highest BCUT2D eigenvalue weighted by molar-refractivity contribution is 5.65. The molecule has 18 heavy (non-hydrogen) atoms. The van der Waals surface area contributed by atoms with Crippen LogP contribution in [0.25, 0.3) is 0 Å². The van der Waals surface area contributed by atoms with Crippen molar-refractivity contribution in [2.45, 2.75) is 18.9 Å². The molecule has 6 nitrogen and oxygen atoms in total. The summed E-state index contributed by atoms with van der Waals surface area (Å²) in [5.74, 6) is 0. The van der Waals surface area contributed by atoms with E-state index in [2.05, 4.69) is 10.6 Å². The number of hydrogen-bond donors (Lipinski definition) is 2. The van der Waals surface area contributed by atoms with E-state index in [0.29, 0.717) is 11.3 Å². The number of nitro groups is 1. The number of nitrogens with one attached hydrogen (secondary N) is 2. The predicted octanol–water partition coefficient (Wildman–Crippen LogP) is 1.63. The van der Waals surface area contributed by atoms with Crippen LogP contribution in [0.4, 0.5) is 11.4 Å². The molecule has 0 aromatic heterocycles. The van der Waals surface area contributed by atoms with Crippen LogP contribution in [0.5, 0.6) is 0 Å². The first-order chi connectivity index (χ1) is 8.54. The van der Waals surface area contributed by atoms with E-state index in [4.69, 9.17) is 5.26 Å². The average Bonchev–Trinajstić information content (AvgIpc) is 2.75. The minimum Gasteiger partial charge on any atom is -0.373 e. The van der Waals surface area contributed by atoms with Crippen molar-refractivity contribution in [2.24, 2.45) is 0 Å². The van der Waals surface area contributed by atoms with E-state index in [1.807, 2.05) is 13.0 Å². The van der Waals surface area contributed by atoms with Gasteiger partial charge < -0.3 is 10.6 Å². The Bertz CT molecular complexity index is 515. The predicted molar refractivity (Wildman–Crippen MR) is 67.3 cm³/mol. The molecule has 0 bridgehead atoms. The van der Waals surface area contributed by atoms with E-state index in [1.54, 1.807) is 0 Å². The summed E-state index contributed by atoms with van der Waals surface area (Å²) in [7, 11) is 0. The molecule has 1 aromatic carbocycles. The van der Waals surface area contributed by atoms with Gasteiger partial charge in [-0.15, -0.1) is 0 Å². The summed E-state index contributed by atoms with van der Waals surface area (Å²) >= 11 is 0. The fourth-order valence-electron chi connectivity index (χ4n) is 2.11. The quantitative estimate of drug-likeness (QED) is 0.624. The Hall–Kier alpha value is -2.13. The van der Waals surface area contributed by atoms with Crippen molar-refractivity contribution in [3.63, 3.8) is 0 Å². The Labute approximate surface area is 105 Å². The lowest BCUT2D eigenvalue weighted by molar-refractivity contribution is -0.384. The third kappa shape index (κ3) is 2.41. The van der Waals surface area contributed by atoms with Gasteiger partial charge >= 0.3 is 0 Å². The van der Waals surface area contributed by atoms with Crippen molar-refractivity contribution in [2.75, 3.05) is 18.4 Å². The molecule has 6 heteroatoms. The molecule has 0 spiro atoms. The van der Waals surface area contributed by atoms with Gasteiger partial charge in [0.2, 0.25) is 0 Å². The van der Waals surface area contributed by atoms with Gasteiger partial charge in [-0.05, 0) is 32.0 Å². The summed E-state index contributed by atoms with van der Waals surface area (Å²) in [4.78, 5) is 10.5. The Balaban J connectivity index is 2.35. The van der Waals surface area contributed by atoms with E-state index in [0.717, 1.165) is 19.5 Å². The molecule has 1 saturated heterocycles. The molecule has 2 rings (SSSR count). The third-order valence-electron chi connectivity index (χ3n) is 3.13. The smallest absolute Gasteiger partial charge is 0.292 e. The molecule has 0 aliphatic carbocycles. The molecule has 1 atom stereocenters. The van der Waals surface area contributed by atoms with Crippen LogP contribution in [-0.2, 0) is 0 Å². The molecule has 1 aliphatic rings. The summed E-state index contributed by atoms with van der Waals surface area (Å²) in [6.45, 7) is 3.64. The topological polar surface area (TPSA) is 91.0 Å². The highest BCUT2D eigenvalue weighted by Gasteiger charge is 2.30. The number of rotatable bonds is 3. The maximum absolute atomic E-state index is 11.0. The molecule has 1 aliphatic heterocycles. The number of hydrogen-bond acceptors (Lipinski definition) is 5. The lowest BCUT2D eigenvalue weighted by Crippen LogP contribution is -2.37. The van der Waals surface area contributed by atoms with Gasteiger partial charge in [0.15, 0.2) is 0 Å². The van der Waals surface area contributed by atoms with Gasteiger partial charge in [0.25, 0.3) is 5.69 Å². The van der Waals surface area contributed by atoms with Crippen LogP contribution in [0, 0.1) is 21.4 Å². The minimum atomic E-state index is -0.435. The molecule has 0 radical (unpaired) electrons. The molecule has 1 unspecified atom stereocenters. The number of nitrogens with zero attached hydrogens (tertiary/aromatic N) is 2. The van der Waals surface area contributed by atoms with Crippen LogP contribution in [0.15, 0.2) is 18.2 Å². The summed E-state index contributed by atoms with van der Waals surface area (Å²) in [5, 5.41) is 26.2. The van der Waals surface area contributed by atoms with Crippen molar-refractivity contribution in [3.8, 4) is 6.07 Å². The SMILES string of the molecule is CC1(Nc2cc(C#N)ccc2[N+](=O)[O-])CCNC1. The van der Waals surface area contributed by atoms with E-state index in [9.17, 15) is 10.1 Å². The van der Waals surface area contributed by atoms with Crippen LogP contribution >= 0.6 is 0 Å². The molecular formula is C12H14N4O2. The monoisotopic (exact) mass is 246 g/mol. The summed E-state index contributed by atoms with van der Waals surface area (Å²) < 4.78 is 0. The van der Waals surface area contributed by atoms with Gasteiger partial charge in [0.05, 0.1) is 16.6 Å². The number of nitro benzene ring substituents is 1. The lowest BCUT2D eigenvalue weighted by atomic mass is 10.0. The molecule has 94 valence electrons. The Kier molecular flexibility index (Phi) is 3.17. The zero-order chi connectivity index (χ0) is 13.2. The first-order valence-electron chi connectivity index (χ1n) is 5.71. The number of benzene rings is 1. The van der Waals surface area contributed by atoms with Crippen LogP contribution in [0.3, 0.4) is 0 Å². The van der Waals surface area contributed by atoms with Gasteiger partial charge in [0.1, 0.15) is 5.69 Å². The molecular weight excluding hydrogens is 232 g/mol. The third-order valence-corrected chi connectivity index (χ3v) is 3.13. The fraction of sp³-hybridized carbons (Fsp3) is 0.417. The first kappa shape index (κ1) is 12.3. The Morgan fingerprint density at radius 3 is 2.94 bits per heavy atom. The number of anilines is 1. The molecule has 1 fully saturated rings. The van der Waals surface area contributed by atoms with E-state index >= 15 is 0 Å². The van der Waals surface area contributed by atoms with Crippen LogP contribution in [0.1, 0.15) is 18.9 Å². The first-order valence-corrected chi connectivity index (χ1v) is 5.71. The molecule has 0 amide bonds. The Morgan fingerprint density at radius 1 is 1.61 bits per heavy atom. The van der Waals surface area contributed by atoms with Crippen molar-refractivity contribution in [1.29, 1.82) is 5.26 Å². The summed E-state index contributed by atoms with van der Waals surface area (Å²) in [5.41, 5.74) is 0.615. The van der Waals surface area contributed by atoms with Gasteiger partial charge in [-0.3, -0.25) is 10.1 Å². The van der Waals surface area contributed by atoms with E-state index in [-0.39, 0.29) is 11.2 Å². The van der Waals surface area contributed by atoms with Crippen LogP contribution in [-0.4, -0.2) is 23.6 Å². The second kappa shape index (κ2) is 4.63. The second-order valence-corrected chi connectivity index (χ2v) is 4.71. The van der Waals surface area contributed by atoms with Gasteiger partial charge in [-0.1, -0.05) is 0 Å². The highest BCUT2D eigenvalue weighted by atomic mass is 16.6.